The number of esters is 1. The molecule has 9 nitrogen and oxygen atoms in total. The van der Waals surface area contributed by atoms with Crippen molar-refractivity contribution < 1.29 is 17.9 Å². The average molecular weight is 395 g/mol. The number of hydrogen-bond donors (Lipinski definition) is 1. The van der Waals surface area contributed by atoms with Gasteiger partial charge in [-0.2, -0.15) is 0 Å². The number of benzene rings is 1. The van der Waals surface area contributed by atoms with Crippen LogP contribution in [0.5, 0.6) is 0 Å². The number of fused-ring (bicyclic) bond motifs is 1. The van der Waals surface area contributed by atoms with Crippen LogP contribution in [-0.2, 0) is 33.1 Å². The molecule has 0 aliphatic heterocycles. The van der Waals surface area contributed by atoms with Crippen LogP contribution >= 0.6 is 0 Å². The van der Waals surface area contributed by atoms with Gasteiger partial charge in [-0.15, -0.1) is 0 Å². The van der Waals surface area contributed by atoms with Crippen LogP contribution in [0.3, 0.4) is 0 Å². The Morgan fingerprint density at radius 2 is 1.96 bits per heavy atom. The summed E-state index contributed by atoms with van der Waals surface area (Å²) in [6, 6.07) is 3.99. The van der Waals surface area contributed by atoms with Crippen LogP contribution in [0.15, 0.2) is 32.7 Å². The maximum atomic E-state index is 12.7. The third kappa shape index (κ3) is 3.67. The number of aromatic nitrogens is 2. The number of nitrogens with zero attached hydrogens (tertiary/aromatic N) is 2. The zero-order valence-electron chi connectivity index (χ0n) is 15.3. The maximum absolute atomic E-state index is 12.7. The predicted molar refractivity (Wildman–Crippen MR) is 98.0 cm³/mol. The average Bonchev–Trinajstić information content (AvgIpc) is 3.32. The SMILES string of the molecule is CCOC(=O)Cn1c(=O)c2cc(S(=O)(=O)NC3(C)CC3)ccc2n(C)c1=O. The number of carbonyl (C=O) groups excluding carboxylic acids is 1. The highest BCUT2D eigenvalue weighted by Gasteiger charge is 2.41. The summed E-state index contributed by atoms with van der Waals surface area (Å²) in [5, 5.41) is 0.0326. The van der Waals surface area contributed by atoms with Gasteiger partial charge in [-0.05, 0) is 44.9 Å². The molecule has 1 aliphatic rings. The van der Waals surface area contributed by atoms with Gasteiger partial charge in [0.25, 0.3) is 5.56 Å². The van der Waals surface area contributed by atoms with Crippen LogP contribution in [0.1, 0.15) is 26.7 Å². The fraction of sp³-hybridized carbons (Fsp3) is 0.471. The third-order valence-electron chi connectivity index (χ3n) is 4.61. The first-order valence-electron chi connectivity index (χ1n) is 8.51. The van der Waals surface area contributed by atoms with Crippen molar-refractivity contribution in [2.24, 2.45) is 7.05 Å². The molecule has 0 bridgehead atoms. The van der Waals surface area contributed by atoms with Crippen molar-refractivity contribution in [3.8, 4) is 0 Å². The van der Waals surface area contributed by atoms with E-state index in [0.29, 0.717) is 0 Å². The van der Waals surface area contributed by atoms with E-state index in [2.05, 4.69) is 4.72 Å². The molecule has 1 fully saturated rings. The van der Waals surface area contributed by atoms with Gasteiger partial charge in [-0.25, -0.2) is 22.5 Å². The molecular weight excluding hydrogens is 374 g/mol. The lowest BCUT2D eigenvalue weighted by atomic mass is 10.2. The van der Waals surface area contributed by atoms with E-state index < -0.39 is 39.3 Å². The Hall–Kier alpha value is -2.46. The summed E-state index contributed by atoms with van der Waals surface area (Å²) in [5.74, 6) is -0.719. The molecule has 1 saturated carbocycles. The van der Waals surface area contributed by atoms with Gasteiger partial charge in [-0.3, -0.25) is 14.2 Å². The minimum absolute atomic E-state index is 0.0326. The topological polar surface area (TPSA) is 116 Å². The number of aryl methyl sites for hydroxylation is 1. The van der Waals surface area contributed by atoms with Crippen molar-refractivity contribution in [1.29, 1.82) is 0 Å². The highest BCUT2D eigenvalue weighted by Crippen LogP contribution is 2.36. The maximum Gasteiger partial charge on any atom is 0.331 e. The molecule has 1 aromatic heterocycles. The van der Waals surface area contributed by atoms with Crippen LogP contribution in [-0.4, -0.2) is 35.7 Å². The van der Waals surface area contributed by atoms with E-state index in [1.165, 1.54) is 29.8 Å². The van der Waals surface area contributed by atoms with Crippen molar-refractivity contribution in [2.45, 2.75) is 43.7 Å². The molecular formula is C17H21N3O6S. The van der Waals surface area contributed by atoms with Crippen LogP contribution in [0.25, 0.3) is 10.9 Å². The van der Waals surface area contributed by atoms with Gasteiger partial charge in [0, 0.05) is 12.6 Å². The van der Waals surface area contributed by atoms with Crippen molar-refractivity contribution in [2.75, 3.05) is 6.61 Å². The molecule has 0 amide bonds. The second-order valence-electron chi connectivity index (χ2n) is 6.88. The van der Waals surface area contributed by atoms with E-state index in [0.717, 1.165) is 17.4 Å². The molecule has 1 heterocycles. The lowest BCUT2D eigenvalue weighted by Gasteiger charge is -2.14. The Morgan fingerprint density at radius 3 is 2.56 bits per heavy atom. The Bertz CT molecular complexity index is 1140. The number of ether oxygens (including phenoxy) is 1. The summed E-state index contributed by atoms with van der Waals surface area (Å²) in [6.45, 7) is 3.00. The van der Waals surface area contributed by atoms with Crippen molar-refractivity contribution in [1.82, 2.24) is 13.9 Å². The first-order chi connectivity index (χ1) is 12.6. The van der Waals surface area contributed by atoms with Gasteiger partial charge in [-0.1, -0.05) is 0 Å². The summed E-state index contributed by atoms with van der Waals surface area (Å²) in [7, 11) is -2.36. The zero-order chi connectivity index (χ0) is 20.0. The standard InChI is InChI=1S/C17H21N3O6S/c1-4-26-14(21)10-20-15(22)12-9-11(5-6-13(12)19(3)16(20)23)27(24,25)18-17(2)7-8-17/h5-6,9,18H,4,7-8,10H2,1-3H3. The molecule has 1 aliphatic carbocycles. The lowest BCUT2D eigenvalue weighted by molar-refractivity contribution is -0.143. The highest BCUT2D eigenvalue weighted by atomic mass is 32.2. The van der Waals surface area contributed by atoms with Gasteiger partial charge < -0.3 is 4.74 Å². The summed E-state index contributed by atoms with van der Waals surface area (Å²) in [4.78, 5) is 36.8. The zero-order valence-corrected chi connectivity index (χ0v) is 16.1. The fourth-order valence-corrected chi connectivity index (χ4v) is 4.30. The quantitative estimate of drug-likeness (QED) is 0.693. The Morgan fingerprint density at radius 1 is 1.30 bits per heavy atom. The molecule has 0 saturated heterocycles. The molecule has 2 aromatic rings. The monoisotopic (exact) mass is 395 g/mol. The number of sulfonamides is 1. The summed E-state index contributed by atoms with van der Waals surface area (Å²) < 4.78 is 34.5. The second kappa shape index (κ2) is 6.61. The molecule has 0 radical (unpaired) electrons. The van der Waals surface area contributed by atoms with E-state index in [9.17, 15) is 22.8 Å². The van der Waals surface area contributed by atoms with E-state index in [1.54, 1.807) is 6.92 Å². The molecule has 3 rings (SSSR count). The lowest BCUT2D eigenvalue weighted by Crippen LogP contribution is -2.41. The van der Waals surface area contributed by atoms with Crippen molar-refractivity contribution in [3.63, 3.8) is 0 Å². The van der Waals surface area contributed by atoms with Gasteiger partial charge in [0.15, 0.2) is 0 Å². The van der Waals surface area contributed by atoms with Crippen LogP contribution in [0.2, 0.25) is 0 Å². The van der Waals surface area contributed by atoms with Crippen LogP contribution in [0, 0.1) is 0 Å². The van der Waals surface area contributed by atoms with E-state index in [4.69, 9.17) is 4.74 Å². The van der Waals surface area contributed by atoms with Crippen molar-refractivity contribution in [3.05, 3.63) is 39.0 Å². The molecule has 0 spiro atoms. The Kier molecular flexibility index (Phi) is 4.73. The molecule has 0 atom stereocenters. The first-order valence-corrected chi connectivity index (χ1v) is 9.99. The molecule has 0 unspecified atom stereocenters. The van der Waals surface area contributed by atoms with Gasteiger partial charge in [0.05, 0.1) is 22.4 Å². The van der Waals surface area contributed by atoms with Crippen LogP contribution in [0.4, 0.5) is 0 Å². The summed E-state index contributed by atoms with van der Waals surface area (Å²) in [5.41, 5.74) is -1.60. The largest absolute Gasteiger partial charge is 0.465 e. The normalized spacial score (nSPS) is 15.7. The van der Waals surface area contributed by atoms with Crippen LogP contribution < -0.4 is 16.0 Å². The van der Waals surface area contributed by atoms with Gasteiger partial charge in [0.2, 0.25) is 10.0 Å². The number of rotatable bonds is 6. The molecule has 1 N–H and O–H groups in total. The smallest absolute Gasteiger partial charge is 0.331 e. The van der Waals surface area contributed by atoms with Crippen molar-refractivity contribution >= 4 is 26.9 Å². The van der Waals surface area contributed by atoms with E-state index >= 15 is 0 Å². The number of nitrogens with one attached hydrogen (secondary N) is 1. The predicted octanol–water partition coefficient (Wildman–Crippen LogP) is 0.0941. The fourth-order valence-electron chi connectivity index (χ4n) is 2.81. The van der Waals surface area contributed by atoms with E-state index in [-0.39, 0.29) is 22.4 Å². The molecule has 27 heavy (non-hydrogen) atoms. The summed E-state index contributed by atoms with van der Waals surface area (Å²) >= 11 is 0. The minimum atomic E-state index is -3.81. The highest BCUT2D eigenvalue weighted by molar-refractivity contribution is 7.89. The Balaban J connectivity index is 2.14. The van der Waals surface area contributed by atoms with Gasteiger partial charge >= 0.3 is 11.7 Å². The first kappa shape index (κ1) is 19.3. The number of hydrogen-bond acceptors (Lipinski definition) is 6. The summed E-state index contributed by atoms with van der Waals surface area (Å²) in [6.07, 6.45) is 1.50. The molecule has 10 heteroatoms. The minimum Gasteiger partial charge on any atom is -0.465 e. The van der Waals surface area contributed by atoms with E-state index in [1.807, 2.05) is 6.92 Å². The molecule has 1 aromatic carbocycles. The number of carbonyl (C=O) groups is 1. The second-order valence-corrected chi connectivity index (χ2v) is 8.57. The third-order valence-corrected chi connectivity index (χ3v) is 6.24. The van der Waals surface area contributed by atoms with Gasteiger partial charge in [0.1, 0.15) is 6.54 Å². The Labute approximate surface area is 155 Å². The molecule has 146 valence electrons.